The molecule has 55 heavy (non-hydrogen) atoms. The van der Waals surface area contributed by atoms with E-state index in [4.69, 9.17) is 30.8 Å². The molecule has 3 amide bonds. The van der Waals surface area contributed by atoms with Crippen molar-refractivity contribution in [3.05, 3.63) is 75.4 Å². The molecule has 4 heterocycles. The molecule has 0 radical (unpaired) electrons. The zero-order chi connectivity index (χ0) is 40.1. The Hall–Kier alpha value is -4.31. The highest BCUT2D eigenvalue weighted by molar-refractivity contribution is 9.10. The highest BCUT2D eigenvalue weighted by Crippen LogP contribution is 2.38. The minimum absolute atomic E-state index is 0.0383. The van der Waals surface area contributed by atoms with Crippen LogP contribution in [0.4, 0.5) is 10.5 Å². The average Bonchev–Trinajstić information content (AvgIpc) is 3.70. The molecule has 1 atom stereocenters. The number of hydrogen-bond acceptors (Lipinski definition) is 9. The monoisotopic (exact) mass is 853 g/mol. The number of rotatable bonds is 14. The Morgan fingerprint density at radius 3 is 2.56 bits per heavy atom. The van der Waals surface area contributed by atoms with Crippen LogP contribution in [-0.2, 0) is 27.5 Å². The van der Waals surface area contributed by atoms with Crippen molar-refractivity contribution in [2.75, 3.05) is 25.6 Å². The number of aromatic nitrogens is 4. The molecule has 0 bridgehead atoms. The topological polar surface area (TPSA) is 150 Å². The van der Waals surface area contributed by atoms with E-state index in [9.17, 15) is 14.4 Å². The number of amides is 3. The first kappa shape index (κ1) is 41.8. The molecule has 0 saturated carbocycles. The number of methoxy groups -OCH3 is 1. The first-order chi connectivity index (χ1) is 25.9. The number of nitrogens with one attached hydrogen (secondary N) is 2. The number of carbonyl (C=O) groups excluding carboxylic acids is 3. The van der Waals surface area contributed by atoms with Crippen molar-refractivity contribution in [3.8, 4) is 28.4 Å². The summed E-state index contributed by atoms with van der Waals surface area (Å²) in [4.78, 5) is 54.1. The second kappa shape index (κ2) is 17.7. The average molecular weight is 855 g/mol. The Morgan fingerprint density at radius 1 is 1.13 bits per heavy atom. The van der Waals surface area contributed by atoms with Crippen LogP contribution in [-0.4, -0.2) is 82.3 Å². The summed E-state index contributed by atoms with van der Waals surface area (Å²) < 4.78 is 19.5. The smallest absolute Gasteiger partial charge is 0.410 e. The number of anilines is 1. The third kappa shape index (κ3) is 11.1. The van der Waals surface area contributed by atoms with Gasteiger partial charge in [-0.1, -0.05) is 43.4 Å². The van der Waals surface area contributed by atoms with Crippen LogP contribution in [0.3, 0.4) is 0 Å². The summed E-state index contributed by atoms with van der Waals surface area (Å²) in [7, 11) is 0.254. The van der Waals surface area contributed by atoms with Gasteiger partial charge >= 0.3 is 6.09 Å². The van der Waals surface area contributed by atoms with Gasteiger partial charge in [-0.15, -0.1) is 0 Å². The summed E-state index contributed by atoms with van der Waals surface area (Å²) in [6.45, 7) is 15.4. The molecule has 4 aromatic rings. The molecule has 13 nitrogen and oxygen atoms in total. The first-order valence-corrected chi connectivity index (χ1v) is 23.0. The van der Waals surface area contributed by atoms with Gasteiger partial charge < -0.3 is 34.3 Å². The maximum atomic E-state index is 13.5. The van der Waals surface area contributed by atoms with Crippen LogP contribution in [0.2, 0.25) is 30.7 Å². The van der Waals surface area contributed by atoms with E-state index in [1.54, 1.807) is 48.7 Å². The van der Waals surface area contributed by atoms with Crippen molar-refractivity contribution >= 4 is 59.2 Å². The van der Waals surface area contributed by atoms with Gasteiger partial charge in [-0.25, -0.2) is 14.8 Å². The van der Waals surface area contributed by atoms with E-state index in [0.29, 0.717) is 63.2 Å². The molecule has 0 unspecified atom stereocenters. The quantitative estimate of drug-likeness (QED) is 0.0944. The number of nitrogens with zero attached hydrogens (tertiary/aromatic N) is 5. The van der Waals surface area contributed by atoms with Gasteiger partial charge in [-0.05, 0) is 85.9 Å². The zero-order valence-corrected chi connectivity index (χ0v) is 35.9. The lowest BCUT2D eigenvalue weighted by Gasteiger charge is -2.29. The lowest BCUT2D eigenvalue weighted by molar-refractivity contribution is -0.119. The minimum Gasteiger partial charge on any atom is -0.481 e. The van der Waals surface area contributed by atoms with Crippen molar-refractivity contribution in [1.82, 2.24) is 29.7 Å². The van der Waals surface area contributed by atoms with E-state index in [0.717, 1.165) is 17.2 Å². The second-order valence-corrected chi connectivity index (χ2v) is 22.5. The highest BCUT2D eigenvalue weighted by atomic mass is 79.9. The standard InChI is InChI=1S/C39H49BrClN7O6Si/c1-24-27(10-9-11-29(24)44-36(50)35-46-31(40)22-48(35)23-53-18-19-55(6,7)8)34-33(41)28(16-17-42-34)30-14-12-25(37(45-30)52-5)20-47(38(51)54-39(2,3)4)21-26-13-15-32(49)43-26/h9-12,14,16-17,22,26H,13,15,18-21,23H2,1-8H3,(H,43,49)(H,44,50)/t26-/m0/s1. The lowest BCUT2D eigenvalue weighted by Crippen LogP contribution is -2.43. The predicted molar refractivity (Wildman–Crippen MR) is 219 cm³/mol. The van der Waals surface area contributed by atoms with Crippen LogP contribution >= 0.6 is 27.5 Å². The zero-order valence-electron chi connectivity index (χ0n) is 32.6. The van der Waals surface area contributed by atoms with Crippen LogP contribution < -0.4 is 15.4 Å². The van der Waals surface area contributed by atoms with E-state index >= 15 is 0 Å². The normalized spacial score (nSPS) is 14.4. The molecule has 294 valence electrons. The maximum absolute atomic E-state index is 13.5. The molecule has 0 spiro atoms. The molecule has 0 aliphatic carbocycles. The molecule has 1 aliphatic rings. The van der Waals surface area contributed by atoms with E-state index < -0.39 is 19.8 Å². The summed E-state index contributed by atoms with van der Waals surface area (Å²) in [5, 5.41) is 6.29. The van der Waals surface area contributed by atoms with Crippen LogP contribution in [0.15, 0.2) is 53.4 Å². The number of pyridine rings is 2. The van der Waals surface area contributed by atoms with E-state index in [1.165, 1.54) is 7.11 Å². The number of carbonyl (C=O) groups is 3. The van der Waals surface area contributed by atoms with Gasteiger partial charge in [-0.3, -0.25) is 14.6 Å². The Kier molecular flexibility index (Phi) is 13.4. The molecule has 1 aliphatic heterocycles. The fourth-order valence-corrected chi connectivity index (χ4v) is 7.45. The number of ether oxygens (including phenoxy) is 3. The van der Waals surface area contributed by atoms with Gasteiger partial charge in [0, 0.05) is 68.5 Å². The highest BCUT2D eigenvalue weighted by Gasteiger charge is 2.29. The second-order valence-electron chi connectivity index (χ2n) is 15.7. The molecule has 1 aromatic carbocycles. The van der Waals surface area contributed by atoms with Gasteiger partial charge in [0.15, 0.2) is 0 Å². The van der Waals surface area contributed by atoms with E-state index in [1.807, 2.05) is 37.3 Å². The SMILES string of the molecule is COc1nc(-c2ccnc(-c3cccc(NC(=O)c4nc(Br)cn4COCC[Si](C)(C)C)c3C)c2Cl)ccc1CN(C[C@@H]1CCC(=O)N1)C(=O)OC(C)(C)C. The van der Waals surface area contributed by atoms with E-state index in [2.05, 4.69) is 56.2 Å². The van der Waals surface area contributed by atoms with Crippen molar-refractivity contribution < 1.29 is 28.6 Å². The fraction of sp³-hybridized carbons (Fsp3) is 0.436. The van der Waals surface area contributed by atoms with Crippen LogP contribution in [0.5, 0.6) is 5.88 Å². The summed E-state index contributed by atoms with van der Waals surface area (Å²) in [6, 6.07) is 11.8. The van der Waals surface area contributed by atoms with E-state index in [-0.39, 0.29) is 43.5 Å². The third-order valence-corrected chi connectivity index (χ3v) is 11.3. The summed E-state index contributed by atoms with van der Waals surface area (Å²) in [5.41, 5.74) is 3.66. The Bertz CT molecular complexity index is 2050. The molecule has 3 aromatic heterocycles. The summed E-state index contributed by atoms with van der Waals surface area (Å²) in [6.07, 6.45) is 3.92. The molecule has 2 N–H and O–H groups in total. The largest absolute Gasteiger partial charge is 0.481 e. The number of hydrogen-bond donors (Lipinski definition) is 2. The van der Waals surface area contributed by atoms with Gasteiger partial charge in [-0.2, -0.15) is 0 Å². The molecular formula is C39H49BrClN7O6Si. The van der Waals surface area contributed by atoms with Crippen LogP contribution in [0.1, 0.15) is 55.4 Å². The third-order valence-electron chi connectivity index (χ3n) is 8.85. The van der Waals surface area contributed by atoms with Gasteiger partial charge in [0.2, 0.25) is 17.6 Å². The van der Waals surface area contributed by atoms with Gasteiger partial charge in [0.05, 0.1) is 30.1 Å². The van der Waals surface area contributed by atoms with Crippen molar-refractivity contribution in [1.29, 1.82) is 0 Å². The van der Waals surface area contributed by atoms with Gasteiger partial charge in [0.25, 0.3) is 5.91 Å². The lowest BCUT2D eigenvalue weighted by atomic mass is 10.0. The molecule has 16 heteroatoms. The molecule has 5 rings (SSSR count). The molecule has 1 saturated heterocycles. The fourth-order valence-electron chi connectivity index (χ4n) is 5.97. The van der Waals surface area contributed by atoms with Crippen molar-refractivity contribution in [2.24, 2.45) is 0 Å². The first-order valence-electron chi connectivity index (χ1n) is 18.1. The molecular weight excluding hydrogens is 806 g/mol. The van der Waals surface area contributed by atoms with Crippen LogP contribution in [0.25, 0.3) is 22.5 Å². The number of benzene rings is 1. The van der Waals surface area contributed by atoms with Crippen molar-refractivity contribution in [3.63, 3.8) is 0 Å². The number of halogens is 2. The Labute approximate surface area is 336 Å². The predicted octanol–water partition coefficient (Wildman–Crippen LogP) is 8.32. The van der Waals surface area contributed by atoms with Crippen LogP contribution in [0, 0.1) is 6.92 Å². The maximum Gasteiger partial charge on any atom is 0.410 e. The molecule has 1 fully saturated rings. The Morgan fingerprint density at radius 2 is 1.89 bits per heavy atom. The summed E-state index contributed by atoms with van der Waals surface area (Å²) in [5.74, 6) is 0.0972. The van der Waals surface area contributed by atoms with Crippen molar-refractivity contribution in [2.45, 2.75) is 91.1 Å². The summed E-state index contributed by atoms with van der Waals surface area (Å²) >= 11 is 10.5. The number of imidazole rings is 1. The van der Waals surface area contributed by atoms with Gasteiger partial charge in [0.1, 0.15) is 16.9 Å². The Balaban J connectivity index is 1.37. The minimum atomic E-state index is -1.26.